The summed E-state index contributed by atoms with van der Waals surface area (Å²) in [7, 11) is 3.01. The fourth-order valence-electron chi connectivity index (χ4n) is 11.1. The minimum atomic E-state index is -1.23. The van der Waals surface area contributed by atoms with Crippen LogP contribution in [0.1, 0.15) is 83.4 Å². The molecule has 1 aliphatic carbocycles. The summed E-state index contributed by atoms with van der Waals surface area (Å²) in [6, 6.07) is 25.4. The molecule has 0 aromatic heterocycles. The highest BCUT2D eigenvalue weighted by molar-refractivity contribution is 6.06. The first kappa shape index (κ1) is 53.4. The quantitative estimate of drug-likeness (QED) is 0.0590. The van der Waals surface area contributed by atoms with Gasteiger partial charge in [-0.2, -0.15) is 0 Å². The van der Waals surface area contributed by atoms with E-state index in [9.17, 15) is 29.1 Å². The number of ether oxygens (including phenoxy) is 6. The van der Waals surface area contributed by atoms with Crippen molar-refractivity contribution in [3.8, 4) is 57.5 Å². The first-order valence-electron chi connectivity index (χ1n) is 26.8. The third-order valence-corrected chi connectivity index (χ3v) is 15.2. The van der Waals surface area contributed by atoms with Gasteiger partial charge in [-0.3, -0.25) is 34.1 Å². The molecule has 0 saturated carbocycles. The summed E-state index contributed by atoms with van der Waals surface area (Å²) in [6.07, 6.45) is 7.21. The van der Waals surface area contributed by atoms with Crippen molar-refractivity contribution in [1.82, 2.24) is 25.3 Å². The number of rotatable bonds is 17. The van der Waals surface area contributed by atoms with Crippen LogP contribution in [0, 0.1) is 17.8 Å². The predicted molar refractivity (Wildman–Crippen MR) is 301 cm³/mol. The number of hydrogen-bond donors (Lipinski definition) is 3. The largest absolute Gasteiger partial charge is 0.493 e. The van der Waals surface area contributed by atoms with Gasteiger partial charge in [-0.1, -0.05) is 80.3 Å². The van der Waals surface area contributed by atoms with E-state index in [1.54, 1.807) is 66.5 Å². The number of carbonyl (C=O) groups is 5. The number of amides is 5. The number of aliphatic imine (C=N–C) groups is 2. The standard InChI is InChI=1S/C62H59N7O12/c1-35(2)57(69(62(74)75)33-48-44-15-8-6-13-42(44)43-14-7-9-16-45(43)48)59(71)66-36(3)58(70)63-19-10-12-37-22-40-29-64-49-27-55(52(76-4)25-46(49)60(72)67(40)31-37)78-20-11-21-79-56-28-50-47(26-53(56)77-5)61(73)68-32-39(23-41(68)30-65-50)38-17-18-51-54(24-38)81-34-80-51/h6-9,13-18,24-32,35-36,40-41,48,57H,11,19-23,33-34H2,1-5H3,(H,63,70)(H,66,71)(H,74,75)/t36-,40-,41-,57+/m0/s1. The molecule has 11 rings (SSSR count). The van der Waals surface area contributed by atoms with E-state index in [1.165, 1.54) is 26.0 Å². The van der Waals surface area contributed by atoms with Crippen molar-refractivity contribution in [3.63, 3.8) is 0 Å². The van der Waals surface area contributed by atoms with Crippen LogP contribution < -0.4 is 39.1 Å². The van der Waals surface area contributed by atoms with Crippen LogP contribution in [0.15, 0.2) is 119 Å². The first-order valence-corrected chi connectivity index (χ1v) is 26.8. The van der Waals surface area contributed by atoms with E-state index in [1.807, 2.05) is 72.9 Å². The average molecular weight is 1090 g/mol. The third kappa shape index (κ3) is 10.6. The van der Waals surface area contributed by atoms with Crippen LogP contribution in [0.4, 0.5) is 16.2 Å². The Morgan fingerprint density at radius 2 is 1.32 bits per heavy atom. The average Bonchev–Trinajstić information content (AvgIpc) is 4.34. The van der Waals surface area contributed by atoms with Gasteiger partial charge in [0, 0.05) is 74.3 Å². The topological polar surface area (TPSA) is 219 Å². The molecule has 4 atom stereocenters. The SMILES string of the molecule is COc1cc2c(cc1OCCCOc1cc3c(cc1OC)C(=O)N1C=C(c4ccc5c(c4)OCO5)C[C@H]1C=N3)N=C[C@@H]1CC(C#CCNC(=O)[C@H](C)NC(=O)[C@@H](C(C)C)N(CC3c4ccccc4-c4ccccc43)C(=O)O)=CN1C2=O. The number of benzene rings is 5. The number of hydrogen-bond acceptors (Lipinski definition) is 13. The number of methoxy groups -OCH3 is 2. The Bertz CT molecular complexity index is 3530. The monoisotopic (exact) mass is 1090 g/mol. The maximum atomic E-state index is 14.0. The van der Waals surface area contributed by atoms with Crippen LogP contribution in [0.3, 0.4) is 0 Å². The summed E-state index contributed by atoms with van der Waals surface area (Å²) in [5.41, 5.74) is 8.25. The van der Waals surface area contributed by atoms with Gasteiger partial charge in [0.05, 0.1) is 68.6 Å². The number of nitrogens with one attached hydrogen (secondary N) is 2. The zero-order valence-electron chi connectivity index (χ0n) is 45.3. The van der Waals surface area contributed by atoms with Crippen LogP contribution in [-0.4, -0.2) is 133 Å². The van der Waals surface area contributed by atoms with Gasteiger partial charge in [-0.15, -0.1) is 0 Å². The van der Waals surface area contributed by atoms with Crippen molar-refractivity contribution in [1.29, 1.82) is 0 Å². The van der Waals surface area contributed by atoms with Crippen LogP contribution in [0.5, 0.6) is 34.5 Å². The Balaban J connectivity index is 0.662. The molecule has 19 nitrogen and oxygen atoms in total. The van der Waals surface area contributed by atoms with Crippen molar-refractivity contribution in [3.05, 3.63) is 137 Å². The second kappa shape index (κ2) is 22.7. The lowest BCUT2D eigenvalue weighted by Crippen LogP contribution is -2.56. The molecule has 414 valence electrons. The van der Waals surface area contributed by atoms with E-state index in [0.29, 0.717) is 81.8 Å². The molecule has 5 aromatic rings. The second-order valence-electron chi connectivity index (χ2n) is 20.6. The minimum Gasteiger partial charge on any atom is -0.493 e. The van der Waals surface area contributed by atoms with Gasteiger partial charge >= 0.3 is 6.09 Å². The molecule has 0 fully saturated rings. The van der Waals surface area contributed by atoms with Crippen molar-refractivity contribution < 1.29 is 57.5 Å². The molecular weight excluding hydrogens is 1030 g/mol. The van der Waals surface area contributed by atoms with E-state index in [4.69, 9.17) is 33.4 Å². The van der Waals surface area contributed by atoms with Gasteiger partial charge in [0.15, 0.2) is 34.5 Å². The van der Waals surface area contributed by atoms with E-state index >= 15 is 0 Å². The summed E-state index contributed by atoms with van der Waals surface area (Å²) >= 11 is 0. The molecule has 0 bridgehead atoms. The summed E-state index contributed by atoms with van der Waals surface area (Å²) in [5, 5.41) is 16.0. The molecule has 0 radical (unpaired) electrons. The highest BCUT2D eigenvalue weighted by Gasteiger charge is 2.39. The fraction of sp³-hybridized carbons (Fsp3) is 0.306. The Kier molecular flexibility index (Phi) is 14.9. The van der Waals surface area contributed by atoms with Gasteiger partial charge in [0.25, 0.3) is 11.8 Å². The van der Waals surface area contributed by atoms with E-state index in [2.05, 4.69) is 27.5 Å². The lowest BCUT2D eigenvalue weighted by atomic mass is 9.94. The molecule has 6 aliphatic rings. The van der Waals surface area contributed by atoms with Crippen molar-refractivity contribution in [2.24, 2.45) is 15.9 Å². The Labute approximate surface area is 467 Å². The van der Waals surface area contributed by atoms with Crippen molar-refractivity contribution in [2.75, 3.05) is 47.3 Å². The molecule has 5 amide bonds. The minimum absolute atomic E-state index is 0.0446. The molecule has 3 N–H and O–H groups in total. The van der Waals surface area contributed by atoms with Crippen LogP contribution in [0.25, 0.3) is 16.7 Å². The second-order valence-corrected chi connectivity index (χ2v) is 20.6. The molecule has 5 heterocycles. The van der Waals surface area contributed by atoms with E-state index in [-0.39, 0.29) is 56.9 Å². The zero-order valence-corrected chi connectivity index (χ0v) is 45.3. The smallest absolute Gasteiger partial charge is 0.408 e. The van der Waals surface area contributed by atoms with Crippen molar-refractivity contribution >= 4 is 59.1 Å². The number of carbonyl (C=O) groups excluding carboxylic acids is 4. The van der Waals surface area contributed by atoms with Gasteiger partial charge in [0.2, 0.25) is 18.6 Å². The Hall–Kier alpha value is -9.57. The first-order chi connectivity index (χ1) is 39.3. The summed E-state index contributed by atoms with van der Waals surface area (Å²) in [4.78, 5) is 81.7. The van der Waals surface area contributed by atoms with Crippen LogP contribution in [0.2, 0.25) is 0 Å². The number of fused-ring (bicyclic) bond motifs is 8. The van der Waals surface area contributed by atoms with E-state index in [0.717, 1.165) is 33.4 Å². The Morgan fingerprint density at radius 1 is 0.728 bits per heavy atom. The van der Waals surface area contributed by atoms with Gasteiger partial charge < -0.3 is 54.0 Å². The van der Waals surface area contributed by atoms with Crippen LogP contribution >= 0.6 is 0 Å². The number of nitrogens with zero attached hydrogens (tertiary/aromatic N) is 5. The summed E-state index contributed by atoms with van der Waals surface area (Å²) < 4.78 is 34.7. The highest BCUT2D eigenvalue weighted by Crippen LogP contribution is 2.46. The molecule has 19 heteroatoms. The van der Waals surface area contributed by atoms with Crippen molar-refractivity contribution in [2.45, 2.75) is 70.1 Å². The van der Waals surface area contributed by atoms with Gasteiger partial charge in [-0.25, -0.2) is 4.79 Å². The summed E-state index contributed by atoms with van der Waals surface area (Å²) in [6.45, 7) is 5.77. The lowest BCUT2D eigenvalue weighted by molar-refractivity contribution is -0.132. The summed E-state index contributed by atoms with van der Waals surface area (Å²) in [5.74, 6) is 6.67. The molecule has 0 spiro atoms. The molecule has 0 saturated heterocycles. The maximum Gasteiger partial charge on any atom is 0.408 e. The zero-order chi connectivity index (χ0) is 56.5. The molecule has 81 heavy (non-hydrogen) atoms. The third-order valence-electron chi connectivity index (χ3n) is 15.2. The normalized spacial score (nSPS) is 17.6. The maximum absolute atomic E-state index is 14.0. The van der Waals surface area contributed by atoms with E-state index < -0.39 is 42.0 Å². The van der Waals surface area contributed by atoms with Gasteiger partial charge in [0.1, 0.15) is 12.1 Å². The Morgan fingerprint density at radius 3 is 1.93 bits per heavy atom. The molecule has 0 unspecified atom stereocenters. The lowest BCUT2D eigenvalue weighted by Gasteiger charge is -2.34. The van der Waals surface area contributed by atoms with Crippen LogP contribution in [-0.2, 0) is 9.59 Å². The highest BCUT2D eigenvalue weighted by atomic mass is 16.7. The number of carboxylic acid groups (broad SMARTS) is 1. The van der Waals surface area contributed by atoms with Gasteiger partial charge in [-0.05, 0) is 70.5 Å². The fourth-order valence-corrected chi connectivity index (χ4v) is 11.1. The predicted octanol–water partition coefficient (Wildman–Crippen LogP) is 8.51. The molecular formula is C62H59N7O12. The molecule has 5 aliphatic heterocycles. The molecule has 5 aromatic carbocycles.